The van der Waals surface area contributed by atoms with E-state index in [9.17, 15) is 9.59 Å². The van der Waals surface area contributed by atoms with Crippen LogP contribution in [-0.2, 0) is 9.53 Å². The number of carboxylic acid groups (broad SMARTS) is 1. The number of carboxylic acids is 1. The molecule has 1 N–H and O–H groups in total. The molecular formula is C22H38N4O4. The Morgan fingerprint density at radius 1 is 0.967 bits per heavy atom. The van der Waals surface area contributed by atoms with Gasteiger partial charge in [0.15, 0.2) is 0 Å². The number of aliphatic carboxylic acids is 1. The highest BCUT2D eigenvalue weighted by atomic mass is 16.6. The van der Waals surface area contributed by atoms with E-state index in [-0.39, 0.29) is 18.7 Å². The maximum absolute atomic E-state index is 12.2. The molecule has 8 nitrogen and oxygen atoms in total. The van der Waals surface area contributed by atoms with Gasteiger partial charge >= 0.3 is 12.1 Å². The molecule has 30 heavy (non-hydrogen) atoms. The van der Waals surface area contributed by atoms with Crippen molar-refractivity contribution in [3.05, 3.63) is 0 Å². The van der Waals surface area contributed by atoms with Crippen molar-refractivity contribution in [2.75, 3.05) is 65.4 Å². The van der Waals surface area contributed by atoms with Crippen LogP contribution in [0, 0.1) is 5.92 Å². The number of unbranched alkanes of at least 4 members (excludes halogenated alkanes) is 1. The Hall–Kier alpha value is -1.38. The van der Waals surface area contributed by atoms with Crippen LogP contribution in [0.15, 0.2) is 0 Å². The van der Waals surface area contributed by atoms with Crippen LogP contribution in [-0.4, -0.2) is 114 Å². The van der Waals surface area contributed by atoms with Crippen molar-refractivity contribution in [1.82, 2.24) is 19.6 Å². The lowest BCUT2D eigenvalue weighted by atomic mass is 9.91. The van der Waals surface area contributed by atoms with Crippen molar-refractivity contribution in [2.45, 2.75) is 57.1 Å². The van der Waals surface area contributed by atoms with Crippen molar-refractivity contribution >= 4 is 12.1 Å². The number of likely N-dealkylation sites (tertiary alicyclic amines) is 1. The summed E-state index contributed by atoms with van der Waals surface area (Å²) in [4.78, 5) is 31.8. The summed E-state index contributed by atoms with van der Waals surface area (Å²) < 4.78 is 5.59. The summed E-state index contributed by atoms with van der Waals surface area (Å²) in [5, 5.41) is 8.89. The molecule has 170 valence electrons. The minimum Gasteiger partial charge on any atom is -0.480 e. The van der Waals surface area contributed by atoms with Gasteiger partial charge in [0.1, 0.15) is 6.10 Å². The highest BCUT2D eigenvalue weighted by Crippen LogP contribution is 2.32. The molecule has 0 aromatic carbocycles. The lowest BCUT2D eigenvalue weighted by Gasteiger charge is -2.34. The van der Waals surface area contributed by atoms with Crippen molar-refractivity contribution in [3.63, 3.8) is 0 Å². The van der Waals surface area contributed by atoms with E-state index in [1.165, 1.54) is 51.6 Å². The Balaban J connectivity index is 1.07. The van der Waals surface area contributed by atoms with E-state index in [1.54, 1.807) is 0 Å². The number of ether oxygens (including phenoxy) is 1. The lowest BCUT2D eigenvalue weighted by molar-refractivity contribution is -0.138. The zero-order valence-electron chi connectivity index (χ0n) is 18.2. The number of hydrogen-bond acceptors (Lipinski definition) is 6. The Bertz CT molecular complexity index is 584. The SMILES string of the molecule is O=C(O)CN1CCN(CC2CN(CCCCC3CCN(C4CC4)CC3)C(=O)O2)CC1. The van der Waals surface area contributed by atoms with Gasteiger partial charge in [0.2, 0.25) is 0 Å². The van der Waals surface area contributed by atoms with Crippen LogP contribution >= 0.6 is 0 Å². The van der Waals surface area contributed by atoms with E-state index in [4.69, 9.17) is 9.84 Å². The number of hydrogen-bond donors (Lipinski definition) is 1. The van der Waals surface area contributed by atoms with Crippen molar-refractivity contribution < 1.29 is 19.4 Å². The number of carbonyl (C=O) groups is 2. The largest absolute Gasteiger partial charge is 0.480 e. The van der Waals surface area contributed by atoms with Gasteiger partial charge in [-0.3, -0.25) is 14.6 Å². The number of amides is 1. The molecule has 4 aliphatic rings. The minimum absolute atomic E-state index is 0.0599. The fourth-order valence-electron chi connectivity index (χ4n) is 5.24. The summed E-state index contributed by atoms with van der Waals surface area (Å²) in [7, 11) is 0. The molecule has 0 bridgehead atoms. The maximum Gasteiger partial charge on any atom is 0.410 e. The van der Waals surface area contributed by atoms with Gasteiger partial charge in [0.25, 0.3) is 0 Å². The highest BCUT2D eigenvalue weighted by Gasteiger charge is 2.33. The summed E-state index contributed by atoms with van der Waals surface area (Å²) in [6, 6.07) is 0.911. The number of piperidine rings is 1. The van der Waals surface area contributed by atoms with Crippen LogP contribution in [0.2, 0.25) is 0 Å². The summed E-state index contributed by atoms with van der Waals surface area (Å²) in [5.41, 5.74) is 0. The molecule has 1 atom stereocenters. The number of rotatable bonds is 10. The van der Waals surface area contributed by atoms with E-state index in [0.29, 0.717) is 6.54 Å². The fraction of sp³-hybridized carbons (Fsp3) is 0.909. The Morgan fingerprint density at radius 2 is 1.67 bits per heavy atom. The summed E-state index contributed by atoms with van der Waals surface area (Å²) >= 11 is 0. The van der Waals surface area contributed by atoms with Crippen LogP contribution in [0.5, 0.6) is 0 Å². The molecule has 0 aromatic rings. The first-order valence-electron chi connectivity index (χ1n) is 11.9. The highest BCUT2D eigenvalue weighted by molar-refractivity contribution is 5.70. The number of carbonyl (C=O) groups excluding carboxylic acids is 1. The fourth-order valence-corrected chi connectivity index (χ4v) is 5.24. The molecule has 3 saturated heterocycles. The summed E-state index contributed by atoms with van der Waals surface area (Å²) in [5.74, 6) is 0.102. The van der Waals surface area contributed by atoms with Crippen molar-refractivity contribution in [3.8, 4) is 0 Å². The zero-order chi connectivity index (χ0) is 20.9. The third-order valence-corrected chi connectivity index (χ3v) is 7.24. The maximum atomic E-state index is 12.2. The van der Waals surface area contributed by atoms with E-state index in [2.05, 4.69) is 9.80 Å². The molecule has 8 heteroatoms. The molecule has 3 heterocycles. The normalized spacial score (nSPS) is 27.5. The molecule has 4 rings (SSSR count). The second kappa shape index (κ2) is 10.3. The Morgan fingerprint density at radius 3 is 2.33 bits per heavy atom. The minimum atomic E-state index is -0.771. The van der Waals surface area contributed by atoms with Crippen molar-refractivity contribution in [1.29, 1.82) is 0 Å². The summed E-state index contributed by atoms with van der Waals surface area (Å²) in [6.07, 6.45) is 8.88. The average molecular weight is 423 g/mol. The molecule has 0 aromatic heterocycles. The van der Waals surface area contributed by atoms with Crippen LogP contribution in [0.3, 0.4) is 0 Å². The molecule has 0 spiro atoms. The number of piperazine rings is 1. The topological polar surface area (TPSA) is 76.6 Å². The second-order valence-electron chi connectivity index (χ2n) is 9.63. The molecule has 1 saturated carbocycles. The first-order chi connectivity index (χ1) is 14.6. The van der Waals surface area contributed by atoms with Gasteiger partial charge in [-0.2, -0.15) is 0 Å². The molecule has 0 radical (unpaired) electrons. The van der Waals surface area contributed by atoms with Crippen LogP contribution in [0.25, 0.3) is 0 Å². The van der Waals surface area contributed by atoms with Crippen LogP contribution < -0.4 is 0 Å². The predicted octanol–water partition coefficient (Wildman–Crippen LogP) is 1.55. The molecule has 1 amide bonds. The monoisotopic (exact) mass is 422 g/mol. The van der Waals surface area contributed by atoms with Gasteiger partial charge in [-0.1, -0.05) is 12.8 Å². The smallest absolute Gasteiger partial charge is 0.410 e. The molecular weight excluding hydrogens is 384 g/mol. The van der Waals surface area contributed by atoms with Crippen LogP contribution in [0.1, 0.15) is 44.9 Å². The van der Waals surface area contributed by atoms with E-state index in [0.717, 1.165) is 57.6 Å². The van der Waals surface area contributed by atoms with Gasteiger partial charge < -0.3 is 19.6 Å². The number of cyclic esters (lactones) is 1. The lowest BCUT2D eigenvalue weighted by Crippen LogP contribution is -2.50. The van der Waals surface area contributed by atoms with Gasteiger partial charge in [-0.25, -0.2) is 4.79 Å². The summed E-state index contributed by atoms with van der Waals surface area (Å²) in [6.45, 7) is 8.13. The van der Waals surface area contributed by atoms with Gasteiger partial charge in [-0.15, -0.1) is 0 Å². The third kappa shape index (κ3) is 6.31. The van der Waals surface area contributed by atoms with E-state index >= 15 is 0 Å². The third-order valence-electron chi connectivity index (χ3n) is 7.24. The Labute approximate surface area is 180 Å². The first kappa shape index (κ1) is 21.8. The number of nitrogens with zero attached hydrogens (tertiary/aromatic N) is 4. The second-order valence-corrected chi connectivity index (χ2v) is 9.63. The molecule has 3 aliphatic heterocycles. The van der Waals surface area contributed by atoms with Gasteiger partial charge in [0, 0.05) is 45.3 Å². The zero-order valence-corrected chi connectivity index (χ0v) is 18.2. The van der Waals surface area contributed by atoms with Gasteiger partial charge in [0.05, 0.1) is 13.1 Å². The quantitative estimate of drug-likeness (QED) is 0.535. The molecule has 1 aliphatic carbocycles. The standard InChI is InChI=1S/C22H38N4O4/c27-21(28)17-24-13-11-23(12-14-24)15-20-16-26(22(29)30-20)8-2-1-3-18-6-9-25(10-7-18)19-4-5-19/h18-20H,1-17H2,(H,27,28). The average Bonchev–Trinajstić information content (AvgIpc) is 3.51. The van der Waals surface area contributed by atoms with Gasteiger partial charge in [-0.05, 0) is 51.1 Å². The van der Waals surface area contributed by atoms with Crippen molar-refractivity contribution in [2.24, 2.45) is 5.92 Å². The molecule has 1 unspecified atom stereocenters. The van der Waals surface area contributed by atoms with Crippen LogP contribution in [0.4, 0.5) is 4.79 Å². The van der Waals surface area contributed by atoms with E-state index in [1.807, 2.05) is 9.80 Å². The Kier molecular flexibility index (Phi) is 7.49. The van der Waals surface area contributed by atoms with E-state index < -0.39 is 5.97 Å². The first-order valence-corrected chi connectivity index (χ1v) is 11.9. The predicted molar refractivity (Wildman–Crippen MR) is 114 cm³/mol. The molecule has 4 fully saturated rings.